The van der Waals surface area contributed by atoms with Gasteiger partial charge in [-0.25, -0.2) is 4.98 Å². The fraction of sp³-hybridized carbons (Fsp3) is 0.182. The van der Waals surface area contributed by atoms with E-state index >= 15 is 0 Å². The number of rotatable bonds is 2. The molecule has 1 aromatic heterocycles. The lowest BCUT2D eigenvalue weighted by Gasteiger charge is -2.12. The van der Waals surface area contributed by atoms with Crippen LogP contribution in [-0.2, 0) is 12.7 Å². The van der Waals surface area contributed by atoms with Gasteiger partial charge in [-0.05, 0) is 23.8 Å². The van der Waals surface area contributed by atoms with Crippen LogP contribution in [0.15, 0.2) is 36.9 Å². The molecule has 90 valence electrons. The van der Waals surface area contributed by atoms with Crippen molar-refractivity contribution < 1.29 is 13.2 Å². The lowest BCUT2D eigenvalue weighted by molar-refractivity contribution is -0.137. The first-order valence-electron chi connectivity index (χ1n) is 4.91. The van der Waals surface area contributed by atoms with E-state index in [0.717, 1.165) is 12.1 Å². The van der Waals surface area contributed by atoms with Crippen LogP contribution < -0.4 is 5.73 Å². The number of aromatic nitrogens is 2. The molecule has 0 aliphatic heterocycles. The second-order valence-corrected chi connectivity index (χ2v) is 3.52. The first-order chi connectivity index (χ1) is 8.02. The minimum atomic E-state index is -4.35. The third kappa shape index (κ3) is 2.31. The summed E-state index contributed by atoms with van der Waals surface area (Å²) >= 11 is 0. The molecule has 0 fully saturated rings. The molecule has 0 spiro atoms. The van der Waals surface area contributed by atoms with Gasteiger partial charge >= 0.3 is 6.18 Å². The van der Waals surface area contributed by atoms with Crippen LogP contribution in [0.25, 0.3) is 5.69 Å². The van der Waals surface area contributed by atoms with Gasteiger partial charge < -0.3 is 10.3 Å². The molecule has 0 saturated heterocycles. The number of nitrogens with two attached hydrogens (primary N) is 1. The summed E-state index contributed by atoms with van der Waals surface area (Å²) in [4.78, 5) is 3.85. The van der Waals surface area contributed by atoms with Crippen LogP contribution in [0.2, 0.25) is 0 Å². The molecular weight excluding hydrogens is 231 g/mol. The van der Waals surface area contributed by atoms with Gasteiger partial charge in [-0.3, -0.25) is 0 Å². The first kappa shape index (κ1) is 11.7. The molecule has 0 atom stereocenters. The maximum Gasteiger partial charge on any atom is 0.416 e. The summed E-state index contributed by atoms with van der Waals surface area (Å²) in [6.07, 6.45) is 0.374. The number of halogens is 3. The molecule has 0 amide bonds. The maximum absolute atomic E-state index is 12.5. The highest BCUT2D eigenvalue weighted by molar-refractivity contribution is 5.44. The molecule has 0 aliphatic rings. The Hall–Kier alpha value is -1.82. The van der Waals surface area contributed by atoms with E-state index in [0.29, 0.717) is 11.3 Å². The Morgan fingerprint density at radius 1 is 1.29 bits per heavy atom. The molecule has 1 heterocycles. The highest BCUT2D eigenvalue weighted by Crippen LogP contribution is 2.31. The van der Waals surface area contributed by atoms with Crippen molar-refractivity contribution in [2.24, 2.45) is 5.73 Å². The lowest BCUT2D eigenvalue weighted by Crippen LogP contribution is -2.09. The molecule has 17 heavy (non-hydrogen) atoms. The third-order valence-corrected chi connectivity index (χ3v) is 2.41. The zero-order chi connectivity index (χ0) is 12.5. The van der Waals surface area contributed by atoms with E-state index in [4.69, 9.17) is 5.73 Å². The molecule has 2 rings (SSSR count). The minimum absolute atomic E-state index is 0.0391. The third-order valence-electron chi connectivity index (χ3n) is 2.41. The van der Waals surface area contributed by atoms with Gasteiger partial charge in [-0.15, -0.1) is 0 Å². The van der Waals surface area contributed by atoms with Crippen molar-refractivity contribution in [2.45, 2.75) is 12.7 Å². The monoisotopic (exact) mass is 241 g/mol. The van der Waals surface area contributed by atoms with Gasteiger partial charge in [-0.1, -0.05) is 0 Å². The average Bonchev–Trinajstić information content (AvgIpc) is 2.80. The Balaban J connectivity index is 2.50. The van der Waals surface area contributed by atoms with E-state index < -0.39 is 11.7 Å². The number of imidazole rings is 1. The Kier molecular flexibility index (Phi) is 2.89. The van der Waals surface area contributed by atoms with Crippen LogP contribution >= 0.6 is 0 Å². The van der Waals surface area contributed by atoms with Crippen molar-refractivity contribution in [3.8, 4) is 5.69 Å². The summed E-state index contributed by atoms with van der Waals surface area (Å²) in [5.41, 5.74) is 5.81. The van der Waals surface area contributed by atoms with Gasteiger partial charge in [0.05, 0.1) is 17.6 Å². The smallest absolute Gasteiger partial charge is 0.326 e. The van der Waals surface area contributed by atoms with E-state index in [-0.39, 0.29) is 6.54 Å². The number of nitrogens with zero attached hydrogens (tertiary/aromatic N) is 2. The Morgan fingerprint density at radius 2 is 2.06 bits per heavy atom. The SMILES string of the molecule is NCc1cc(C(F)(F)F)ccc1-n1ccnc1. The summed E-state index contributed by atoms with van der Waals surface area (Å²) in [5.74, 6) is 0. The highest BCUT2D eigenvalue weighted by Gasteiger charge is 2.30. The van der Waals surface area contributed by atoms with Gasteiger partial charge in [0.1, 0.15) is 0 Å². The second-order valence-electron chi connectivity index (χ2n) is 3.52. The summed E-state index contributed by atoms with van der Waals surface area (Å²) in [5, 5.41) is 0. The van der Waals surface area contributed by atoms with Crippen molar-refractivity contribution in [1.29, 1.82) is 0 Å². The van der Waals surface area contributed by atoms with Crippen molar-refractivity contribution in [3.05, 3.63) is 48.0 Å². The van der Waals surface area contributed by atoms with Crippen LogP contribution in [0.3, 0.4) is 0 Å². The minimum Gasteiger partial charge on any atom is -0.326 e. The molecule has 3 nitrogen and oxygen atoms in total. The molecule has 0 aliphatic carbocycles. The summed E-state index contributed by atoms with van der Waals surface area (Å²) in [6.45, 7) is 0.0391. The molecule has 2 aromatic rings. The fourth-order valence-corrected chi connectivity index (χ4v) is 1.58. The van der Waals surface area contributed by atoms with Crippen molar-refractivity contribution in [3.63, 3.8) is 0 Å². The number of alkyl halides is 3. The van der Waals surface area contributed by atoms with Crippen LogP contribution in [0, 0.1) is 0 Å². The Bertz CT molecular complexity index is 503. The van der Waals surface area contributed by atoms with Crippen LogP contribution in [0.1, 0.15) is 11.1 Å². The molecule has 0 radical (unpaired) electrons. The normalized spacial score (nSPS) is 11.8. The van der Waals surface area contributed by atoms with Gasteiger partial charge in [0, 0.05) is 18.9 Å². The summed E-state index contributed by atoms with van der Waals surface area (Å²) in [6, 6.07) is 3.50. The molecule has 6 heteroatoms. The molecule has 1 aromatic carbocycles. The van der Waals surface area contributed by atoms with Crippen LogP contribution in [0.5, 0.6) is 0 Å². The maximum atomic E-state index is 12.5. The van der Waals surface area contributed by atoms with E-state index in [2.05, 4.69) is 4.98 Å². The average molecular weight is 241 g/mol. The van der Waals surface area contributed by atoms with Gasteiger partial charge in [0.25, 0.3) is 0 Å². The summed E-state index contributed by atoms with van der Waals surface area (Å²) < 4.78 is 39.2. The van der Waals surface area contributed by atoms with Gasteiger partial charge in [-0.2, -0.15) is 13.2 Å². The zero-order valence-corrected chi connectivity index (χ0v) is 8.78. The number of benzene rings is 1. The largest absolute Gasteiger partial charge is 0.416 e. The van der Waals surface area contributed by atoms with Crippen molar-refractivity contribution >= 4 is 0 Å². The van der Waals surface area contributed by atoms with Crippen molar-refractivity contribution in [2.75, 3.05) is 0 Å². The molecular formula is C11H10F3N3. The van der Waals surface area contributed by atoms with Gasteiger partial charge in [0.15, 0.2) is 0 Å². The number of hydrogen-bond acceptors (Lipinski definition) is 2. The van der Waals surface area contributed by atoms with Crippen molar-refractivity contribution in [1.82, 2.24) is 9.55 Å². The molecule has 2 N–H and O–H groups in total. The predicted octanol–water partition coefficient (Wildman–Crippen LogP) is 2.35. The number of hydrogen-bond donors (Lipinski definition) is 1. The van der Waals surface area contributed by atoms with Gasteiger partial charge in [0.2, 0.25) is 0 Å². The topological polar surface area (TPSA) is 43.8 Å². The first-order valence-corrected chi connectivity index (χ1v) is 4.91. The molecule has 0 saturated carbocycles. The fourth-order valence-electron chi connectivity index (χ4n) is 1.58. The van der Waals surface area contributed by atoms with E-state index in [9.17, 15) is 13.2 Å². The standard InChI is InChI=1S/C11H10F3N3/c12-11(13,14)9-1-2-10(8(5-9)6-15)17-4-3-16-7-17/h1-5,7H,6,15H2. The van der Waals surface area contributed by atoms with E-state index in [1.165, 1.54) is 12.4 Å². The Labute approximate surface area is 95.7 Å². The van der Waals surface area contributed by atoms with Crippen LogP contribution in [0.4, 0.5) is 13.2 Å². The quantitative estimate of drug-likeness (QED) is 0.877. The second kappa shape index (κ2) is 4.21. The predicted molar refractivity (Wildman–Crippen MR) is 56.5 cm³/mol. The highest BCUT2D eigenvalue weighted by atomic mass is 19.4. The molecule has 0 unspecified atom stereocenters. The zero-order valence-electron chi connectivity index (χ0n) is 8.78. The lowest BCUT2D eigenvalue weighted by atomic mass is 10.1. The van der Waals surface area contributed by atoms with Crippen LogP contribution in [-0.4, -0.2) is 9.55 Å². The van der Waals surface area contributed by atoms with E-state index in [1.54, 1.807) is 17.0 Å². The summed E-state index contributed by atoms with van der Waals surface area (Å²) in [7, 11) is 0. The molecule has 0 bridgehead atoms. The Morgan fingerprint density at radius 3 is 2.59 bits per heavy atom. The van der Waals surface area contributed by atoms with E-state index in [1.807, 2.05) is 0 Å².